The summed E-state index contributed by atoms with van der Waals surface area (Å²) < 4.78 is 0. The van der Waals surface area contributed by atoms with Gasteiger partial charge in [0.05, 0.1) is 11.3 Å². The van der Waals surface area contributed by atoms with Gasteiger partial charge in [-0.15, -0.1) is 11.6 Å². The lowest BCUT2D eigenvalue weighted by atomic mass is 10.0. The Morgan fingerprint density at radius 1 is 1.09 bits per heavy atom. The number of aryl methyl sites for hydroxylation is 1. The zero-order chi connectivity index (χ0) is 24.2. The maximum atomic E-state index is 12.7. The Kier molecular flexibility index (Phi) is 6.84. The number of hydrogen-bond donors (Lipinski definition) is 4. The number of anilines is 2. The SMILES string of the molecule is Cc1[nH]c(/C=C2\C(=O)Nc3ccc(C(=O)NCCc4ccccc4)cc32)c(C)c1NC(=O)CCl. The van der Waals surface area contributed by atoms with Crippen LogP contribution >= 0.6 is 11.6 Å². The first kappa shape index (κ1) is 23.3. The third-order valence-electron chi connectivity index (χ3n) is 5.76. The molecule has 0 fully saturated rings. The van der Waals surface area contributed by atoms with E-state index < -0.39 is 0 Å². The van der Waals surface area contributed by atoms with Gasteiger partial charge in [0.1, 0.15) is 5.88 Å². The highest BCUT2D eigenvalue weighted by molar-refractivity contribution is 6.35. The summed E-state index contributed by atoms with van der Waals surface area (Å²) in [6.45, 7) is 4.20. The van der Waals surface area contributed by atoms with Crippen LogP contribution in [0.4, 0.5) is 11.4 Å². The largest absolute Gasteiger partial charge is 0.357 e. The summed E-state index contributed by atoms with van der Waals surface area (Å²) in [6.07, 6.45) is 2.47. The molecule has 1 aromatic heterocycles. The molecule has 0 saturated heterocycles. The Balaban J connectivity index is 1.55. The fraction of sp³-hybridized carbons (Fsp3) is 0.192. The Hall–Kier alpha value is -3.84. The predicted octanol–water partition coefficient (Wildman–Crippen LogP) is 4.27. The Morgan fingerprint density at radius 3 is 2.59 bits per heavy atom. The van der Waals surface area contributed by atoms with Gasteiger partial charge in [-0.3, -0.25) is 14.4 Å². The van der Waals surface area contributed by atoms with E-state index in [4.69, 9.17) is 11.6 Å². The van der Waals surface area contributed by atoms with Gasteiger partial charge in [-0.2, -0.15) is 0 Å². The van der Waals surface area contributed by atoms with Gasteiger partial charge in [-0.25, -0.2) is 0 Å². The maximum Gasteiger partial charge on any atom is 0.256 e. The lowest BCUT2D eigenvalue weighted by molar-refractivity contribution is -0.114. The van der Waals surface area contributed by atoms with Crippen LogP contribution in [0.5, 0.6) is 0 Å². The molecule has 0 radical (unpaired) electrons. The summed E-state index contributed by atoms with van der Waals surface area (Å²) in [5.41, 5.74) is 6.24. The molecular weight excluding hydrogens is 452 g/mol. The second-order valence-electron chi connectivity index (χ2n) is 8.11. The topological polar surface area (TPSA) is 103 Å². The van der Waals surface area contributed by atoms with Crippen molar-refractivity contribution in [3.63, 3.8) is 0 Å². The summed E-state index contributed by atoms with van der Waals surface area (Å²) in [6, 6.07) is 15.1. The van der Waals surface area contributed by atoms with Crippen molar-refractivity contribution in [2.24, 2.45) is 0 Å². The van der Waals surface area contributed by atoms with Crippen LogP contribution in [0, 0.1) is 13.8 Å². The van der Waals surface area contributed by atoms with Crippen LogP contribution in [0.3, 0.4) is 0 Å². The van der Waals surface area contributed by atoms with Crippen LogP contribution < -0.4 is 16.0 Å². The number of alkyl halides is 1. The van der Waals surface area contributed by atoms with Crippen molar-refractivity contribution in [2.75, 3.05) is 23.1 Å². The third-order valence-corrected chi connectivity index (χ3v) is 6.00. The number of H-pyrrole nitrogens is 1. The number of carbonyl (C=O) groups excluding carboxylic acids is 3. The number of amides is 3. The van der Waals surface area contributed by atoms with Crippen LogP contribution in [0.1, 0.15) is 38.4 Å². The van der Waals surface area contributed by atoms with Crippen LogP contribution in [0.2, 0.25) is 0 Å². The average Bonchev–Trinajstić information content (AvgIpc) is 3.29. The zero-order valence-corrected chi connectivity index (χ0v) is 19.7. The van der Waals surface area contributed by atoms with Gasteiger partial charge in [0.15, 0.2) is 0 Å². The molecule has 1 aliphatic rings. The molecule has 0 atom stereocenters. The zero-order valence-electron chi connectivity index (χ0n) is 18.9. The highest BCUT2D eigenvalue weighted by Gasteiger charge is 2.26. The first-order valence-electron chi connectivity index (χ1n) is 10.9. The normalized spacial score (nSPS) is 13.5. The number of aromatic amines is 1. The molecule has 1 aliphatic heterocycles. The number of aromatic nitrogens is 1. The van der Waals surface area contributed by atoms with E-state index in [1.54, 1.807) is 24.3 Å². The van der Waals surface area contributed by atoms with Crippen molar-refractivity contribution in [3.05, 3.63) is 82.2 Å². The molecule has 7 nitrogen and oxygen atoms in total. The second kappa shape index (κ2) is 9.97. The third kappa shape index (κ3) is 4.89. The quantitative estimate of drug-likeness (QED) is 0.302. The van der Waals surface area contributed by atoms with Crippen LogP contribution in [0.15, 0.2) is 48.5 Å². The van der Waals surface area contributed by atoms with E-state index in [1.165, 1.54) is 0 Å². The van der Waals surface area contributed by atoms with E-state index in [1.807, 2.05) is 44.2 Å². The van der Waals surface area contributed by atoms with Crippen molar-refractivity contribution in [1.82, 2.24) is 10.3 Å². The van der Waals surface area contributed by atoms with Crippen LogP contribution in [-0.4, -0.2) is 35.1 Å². The summed E-state index contributed by atoms with van der Waals surface area (Å²) in [5, 5.41) is 8.55. The van der Waals surface area contributed by atoms with Gasteiger partial charge in [0.25, 0.3) is 11.8 Å². The van der Waals surface area contributed by atoms with Gasteiger partial charge in [0, 0.05) is 34.7 Å². The van der Waals surface area contributed by atoms with E-state index in [-0.39, 0.29) is 23.6 Å². The number of benzene rings is 2. The van der Waals surface area contributed by atoms with Crippen molar-refractivity contribution in [3.8, 4) is 0 Å². The molecule has 8 heteroatoms. The Bertz CT molecular complexity index is 1290. The van der Waals surface area contributed by atoms with E-state index in [2.05, 4.69) is 20.9 Å². The van der Waals surface area contributed by atoms with E-state index >= 15 is 0 Å². The maximum absolute atomic E-state index is 12.7. The molecule has 2 heterocycles. The van der Waals surface area contributed by atoms with Gasteiger partial charge in [-0.05, 0) is 55.7 Å². The molecule has 3 aromatic rings. The number of halogens is 1. The first-order valence-corrected chi connectivity index (χ1v) is 11.5. The highest BCUT2D eigenvalue weighted by Crippen LogP contribution is 2.35. The lowest BCUT2D eigenvalue weighted by Gasteiger charge is -2.07. The smallest absolute Gasteiger partial charge is 0.256 e. The van der Waals surface area contributed by atoms with Crippen molar-refractivity contribution in [2.45, 2.75) is 20.3 Å². The minimum absolute atomic E-state index is 0.146. The van der Waals surface area contributed by atoms with E-state index in [0.29, 0.717) is 40.3 Å². The standard InChI is InChI=1S/C26H25ClN4O3/c1-15-22(29-16(2)24(15)31-23(32)14-27)13-20-19-12-18(8-9-21(19)30-26(20)34)25(33)28-11-10-17-6-4-3-5-7-17/h3-9,12-13,29H,10-11,14H2,1-2H3,(H,28,33)(H,30,34)(H,31,32)/b20-13-. The van der Waals surface area contributed by atoms with E-state index in [9.17, 15) is 14.4 Å². The molecule has 0 saturated carbocycles. The van der Waals surface area contributed by atoms with Gasteiger partial charge < -0.3 is 20.9 Å². The molecule has 3 amide bonds. The molecule has 174 valence electrons. The fourth-order valence-electron chi connectivity index (χ4n) is 3.96. The Labute approximate surface area is 202 Å². The monoisotopic (exact) mass is 476 g/mol. The minimum atomic E-state index is -0.307. The predicted molar refractivity (Wildman–Crippen MR) is 135 cm³/mol. The number of rotatable bonds is 7. The highest BCUT2D eigenvalue weighted by atomic mass is 35.5. The van der Waals surface area contributed by atoms with Crippen molar-refractivity contribution in [1.29, 1.82) is 0 Å². The molecular formula is C26H25ClN4O3. The van der Waals surface area contributed by atoms with Crippen molar-refractivity contribution < 1.29 is 14.4 Å². The van der Waals surface area contributed by atoms with Gasteiger partial charge in [-0.1, -0.05) is 30.3 Å². The average molecular weight is 477 g/mol. The lowest BCUT2D eigenvalue weighted by Crippen LogP contribution is -2.25. The molecule has 4 N–H and O–H groups in total. The summed E-state index contributed by atoms with van der Waals surface area (Å²) in [5.74, 6) is -0.908. The summed E-state index contributed by atoms with van der Waals surface area (Å²) in [4.78, 5) is 40.4. The molecule has 2 aromatic carbocycles. The van der Waals surface area contributed by atoms with E-state index in [0.717, 1.165) is 23.2 Å². The molecule has 0 spiro atoms. The molecule has 0 bridgehead atoms. The summed E-state index contributed by atoms with van der Waals surface area (Å²) in [7, 11) is 0. The molecule has 0 unspecified atom stereocenters. The van der Waals surface area contributed by atoms with Crippen LogP contribution in [0.25, 0.3) is 11.6 Å². The fourth-order valence-corrected chi connectivity index (χ4v) is 4.03. The number of carbonyl (C=O) groups is 3. The van der Waals surface area contributed by atoms with Gasteiger partial charge >= 0.3 is 0 Å². The minimum Gasteiger partial charge on any atom is -0.357 e. The van der Waals surface area contributed by atoms with Crippen LogP contribution in [-0.2, 0) is 16.0 Å². The summed E-state index contributed by atoms with van der Waals surface area (Å²) >= 11 is 5.61. The number of hydrogen-bond acceptors (Lipinski definition) is 3. The number of fused-ring (bicyclic) bond motifs is 1. The second-order valence-corrected chi connectivity index (χ2v) is 8.38. The molecule has 0 aliphatic carbocycles. The number of nitrogens with one attached hydrogen (secondary N) is 4. The molecule has 34 heavy (non-hydrogen) atoms. The Morgan fingerprint density at radius 2 is 1.85 bits per heavy atom. The molecule has 4 rings (SSSR count). The first-order chi connectivity index (χ1) is 16.4. The van der Waals surface area contributed by atoms with Crippen molar-refractivity contribution >= 4 is 52.3 Å². The van der Waals surface area contributed by atoms with Gasteiger partial charge in [0.2, 0.25) is 5.91 Å².